The molecular weight excluding hydrogens is 344 g/mol. The summed E-state index contributed by atoms with van der Waals surface area (Å²) in [6, 6.07) is 14.0. The Morgan fingerprint density at radius 2 is 1.67 bits per heavy atom. The van der Waals surface area contributed by atoms with E-state index in [1.54, 1.807) is 26.2 Å². The summed E-state index contributed by atoms with van der Waals surface area (Å²) < 4.78 is 10.2. The number of aryl methyl sites for hydroxylation is 1. The van der Waals surface area contributed by atoms with Gasteiger partial charge in [-0.15, -0.1) is 0 Å². The minimum atomic E-state index is -0.725. The molecular formula is C21H26N2O4. The molecule has 0 aliphatic carbocycles. The van der Waals surface area contributed by atoms with Crippen LogP contribution in [-0.4, -0.2) is 31.6 Å². The first-order valence-corrected chi connectivity index (χ1v) is 8.95. The molecule has 0 unspecified atom stereocenters. The number of carbonyl (C=O) groups excluding carboxylic acids is 2. The number of hydrogen-bond acceptors (Lipinski definition) is 5. The highest BCUT2D eigenvalue weighted by Crippen LogP contribution is 2.13. The zero-order valence-corrected chi connectivity index (χ0v) is 15.7. The van der Waals surface area contributed by atoms with Crippen LogP contribution < -0.4 is 15.8 Å². The van der Waals surface area contributed by atoms with Crippen LogP contribution in [0.3, 0.4) is 0 Å². The Bertz CT molecular complexity index is 742. The van der Waals surface area contributed by atoms with Gasteiger partial charge in [0, 0.05) is 18.5 Å². The molecule has 0 aromatic heterocycles. The van der Waals surface area contributed by atoms with E-state index in [1.807, 2.05) is 36.4 Å². The van der Waals surface area contributed by atoms with Crippen LogP contribution in [-0.2, 0) is 27.2 Å². The molecule has 6 nitrogen and oxygen atoms in total. The van der Waals surface area contributed by atoms with E-state index in [-0.39, 0.29) is 18.9 Å². The van der Waals surface area contributed by atoms with Gasteiger partial charge in [-0.1, -0.05) is 24.3 Å². The Balaban J connectivity index is 1.94. The molecule has 0 fully saturated rings. The zero-order valence-electron chi connectivity index (χ0n) is 15.7. The summed E-state index contributed by atoms with van der Waals surface area (Å²) in [4.78, 5) is 24.6. The minimum absolute atomic E-state index is 0.195. The van der Waals surface area contributed by atoms with Gasteiger partial charge < -0.3 is 20.5 Å². The lowest BCUT2D eigenvalue weighted by atomic mass is 10.0. The number of amides is 1. The summed E-state index contributed by atoms with van der Waals surface area (Å²) in [6.07, 6.45) is 1.21. The van der Waals surface area contributed by atoms with Crippen molar-refractivity contribution < 1.29 is 19.1 Å². The van der Waals surface area contributed by atoms with Crippen molar-refractivity contribution in [3.63, 3.8) is 0 Å². The number of rotatable bonds is 9. The molecule has 1 amide bonds. The van der Waals surface area contributed by atoms with Crippen LogP contribution in [0.4, 0.5) is 5.69 Å². The number of nitrogens with one attached hydrogen (secondary N) is 1. The lowest BCUT2D eigenvalue weighted by molar-refractivity contribution is -0.147. The van der Waals surface area contributed by atoms with Crippen LogP contribution in [0.15, 0.2) is 48.5 Å². The summed E-state index contributed by atoms with van der Waals surface area (Å²) in [7, 11) is 1.61. The van der Waals surface area contributed by atoms with E-state index in [9.17, 15) is 9.59 Å². The highest BCUT2D eigenvalue weighted by molar-refractivity contribution is 5.84. The van der Waals surface area contributed by atoms with Gasteiger partial charge in [-0.2, -0.15) is 0 Å². The predicted molar refractivity (Wildman–Crippen MR) is 104 cm³/mol. The molecule has 2 aromatic carbocycles. The number of ether oxygens (including phenoxy) is 2. The van der Waals surface area contributed by atoms with Crippen LogP contribution in [0.1, 0.15) is 24.5 Å². The molecule has 0 radical (unpaired) electrons. The van der Waals surface area contributed by atoms with Crippen LogP contribution in [0.5, 0.6) is 5.75 Å². The van der Waals surface area contributed by atoms with Crippen LogP contribution >= 0.6 is 0 Å². The topological polar surface area (TPSA) is 90.6 Å². The normalized spacial score (nSPS) is 11.5. The first-order chi connectivity index (χ1) is 13.0. The van der Waals surface area contributed by atoms with Crippen molar-refractivity contribution in [3.05, 3.63) is 59.7 Å². The quantitative estimate of drug-likeness (QED) is 0.523. The van der Waals surface area contributed by atoms with Gasteiger partial charge in [0.25, 0.3) is 0 Å². The smallest absolute Gasteiger partial charge is 0.328 e. The number of carbonyl (C=O) groups is 2. The molecule has 0 saturated carbocycles. The minimum Gasteiger partial charge on any atom is -0.497 e. The number of nitrogen functional groups attached to an aromatic ring is 1. The maximum atomic E-state index is 12.3. The Kier molecular flexibility index (Phi) is 7.67. The number of methoxy groups -OCH3 is 1. The third kappa shape index (κ3) is 6.66. The number of benzene rings is 2. The van der Waals surface area contributed by atoms with Crippen molar-refractivity contribution in [3.8, 4) is 5.75 Å². The maximum absolute atomic E-state index is 12.3. The lowest BCUT2D eigenvalue weighted by Crippen LogP contribution is -2.43. The summed E-state index contributed by atoms with van der Waals surface area (Å²) in [5, 5.41) is 2.79. The summed E-state index contributed by atoms with van der Waals surface area (Å²) in [5.41, 5.74) is 8.26. The van der Waals surface area contributed by atoms with E-state index in [1.165, 1.54) is 0 Å². The fourth-order valence-electron chi connectivity index (χ4n) is 2.64. The van der Waals surface area contributed by atoms with Gasteiger partial charge in [0.2, 0.25) is 5.91 Å². The standard InChI is InChI=1S/C21H26N2O4/c1-3-27-21(25)19(14-16-4-9-17(22)10-5-16)23-20(24)13-8-15-6-11-18(26-2)12-7-15/h4-7,9-12,19H,3,8,13-14,22H2,1-2H3,(H,23,24)/t19-/m0/s1. The average Bonchev–Trinajstić information content (AvgIpc) is 2.68. The molecule has 2 rings (SSSR count). The fourth-order valence-corrected chi connectivity index (χ4v) is 2.64. The first kappa shape index (κ1) is 20.3. The summed E-state index contributed by atoms with van der Waals surface area (Å²) in [5.74, 6) is 0.139. The molecule has 0 aliphatic heterocycles. The molecule has 144 valence electrons. The third-order valence-electron chi connectivity index (χ3n) is 4.13. The largest absolute Gasteiger partial charge is 0.497 e. The number of esters is 1. The average molecular weight is 370 g/mol. The van der Waals surface area contributed by atoms with E-state index < -0.39 is 12.0 Å². The van der Waals surface area contributed by atoms with Gasteiger partial charge >= 0.3 is 5.97 Å². The van der Waals surface area contributed by atoms with Crippen molar-refractivity contribution in [2.45, 2.75) is 32.2 Å². The van der Waals surface area contributed by atoms with Crippen LogP contribution in [0, 0.1) is 0 Å². The molecule has 6 heteroatoms. The van der Waals surface area contributed by atoms with Gasteiger partial charge in [0.1, 0.15) is 11.8 Å². The van der Waals surface area contributed by atoms with Crippen molar-refractivity contribution in [1.82, 2.24) is 5.32 Å². The Morgan fingerprint density at radius 1 is 1.04 bits per heavy atom. The van der Waals surface area contributed by atoms with Gasteiger partial charge in [-0.05, 0) is 48.7 Å². The van der Waals surface area contributed by atoms with E-state index in [4.69, 9.17) is 15.2 Å². The summed E-state index contributed by atoms with van der Waals surface area (Å²) >= 11 is 0. The van der Waals surface area contributed by atoms with E-state index in [0.29, 0.717) is 18.5 Å². The molecule has 0 aliphatic rings. The van der Waals surface area contributed by atoms with Gasteiger partial charge in [0.05, 0.1) is 13.7 Å². The fraction of sp³-hybridized carbons (Fsp3) is 0.333. The molecule has 0 heterocycles. The van der Waals surface area contributed by atoms with E-state index >= 15 is 0 Å². The SMILES string of the molecule is CCOC(=O)[C@H](Cc1ccc(N)cc1)NC(=O)CCc1ccc(OC)cc1. The van der Waals surface area contributed by atoms with Gasteiger partial charge in [-0.25, -0.2) is 4.79 Å². The summed E-state index contributed by atoms with van der Waals surface area (Å²) in [6.45, 7) is 2.00. The number of anilines is 1. The van der Waals surface area contributed by atoms with E-state index in [0.717, 1.165) is 16.9 Å². The second-order valence-electron chi connectivity index (χ2n) is 6.17. The van der Waals surface area contributed by atoms with Crippen LogP contribution in [0.2, 0.25) is 0 Å². The Labute approximate surface area is 159 Å². The molecule has 0 saturated heterocycles. The van der Waals surface area contributed by atoms with Gasteiger partial charge in [0.15, 0.2) is 0 Å². The predicted octanol–water partition coefficient (Wildman–Crippen LogP) is 2.50. The molecule has 27 heavy (non-hydrogen) atoms. The van der Waals surface area contributed by atoms with E-state index in [2.05, 4.69) is 5.32 Å². The third-order valence-corrected chi connectivity index (χ3v) is 4.13. The van der Waals surface area contributed by atoms with Crippen molar-refractivity contribution >= 4 is 17.6 Å². The monoisotopic (exact) mass is 370 g/mol. The van der Waals surface area contributed by atoms with Gasteiger partial charge in [-0.3, -0.25) is 4.79 Å². The Morgan fingerprint density at radius 3 is 2.26 bits per heavy atom. The van der Waals surface area contributed by atoms with Crippen molar-refractivity contribution in [1.29, 1.82) is 0 Å². The highest BCUT2D eigenvalue weighted by Gasteiger charge is 2.22. The first-order valence-electron chi connectivity index (χ1n) is 8.95. The second-order valence-corrected chi connectivity index (χ2v) is 6.17. The molecule has 1 atom stereocenters. The molecule has 3 N–H and O–H groups in total. The molecule has 0 spiro atoms. The van der Waals surface area contributed by atoms with Crippen LogP contribution in [0.25, 0.3) is 0 Å². The second kappa shape index (κ2) is 10.2. The van der Waals surface area contributed by atoms with Crippen molar-refractivity contribution in [2.24, 2.45) is 0 Å². The highest BCUT2D eigenvalue weighted by atomic mass is 16.5. The zero-order chi connectivity index (χ0) is 19.6. The lowest BCUT2D eigenvalue weighted by Gasteiger charge is -2.17. The molecule has 2 aromatic rings. The Hall–Kier alpha value is -3.02. The molecule has 0 bridgehead atoms. The number of hydrogen-bond donors (Lipinski definition) is 2. The van der Waals surface area contributed by atoms with Crippen molar-refractivity contribution in [2.75, 3.05) is 19.5 Å². The number of nitrogens with two attached hydrogens (primary N) is 1. The maximum Gasteiger partial charge on any atom is 0.328 e.